The van der Waals surface area contributed by atoms with Crippen LogP contribution >= 0.6 is 11.3 Å². The van der Waals surface area contributed by atoms with Crippen molar-refractivity contribution in [1.29, 1.82) is 0 Å². The van der Waals surface area contributed by atoms with Gasteiger partial charge in [-0.25, -0.2) is 4.98 Å². The van der Waals surface area contributed by atoms with Crippen LogP contribution in [0.1, 0.15) is 28.1 Å². The molecule has 4 nitrogen and oxygen atoms in total. The molecule has 2 rings (SSSR count). The molecule has 2 unspecified atom stereocenters. The lowest BCUT2D eigenvalue weighted by Gasteiger charge is -2.13. The number of carboxylic acids is 1. The van der Waals surface area contributed by atoms with E-state index in [1.54, 1.807) is 0 Å². The van der Waals surface area contributed by atoms with Gasteiger partial charge in [-0.3, -0.25) is 4.79 Å². The van der Waals surface area contributed by atoms with Crippen LogP contribution in [0.5, 0.6) is 0 Å². The van der Waals surface area contributed by atoms with Crippen molar-refractivity contribution in [3.8, 4) is 0 Å². The Morgan fingerprint density at radius 3 is 2.87 bits per heavy atom. The number of rotatable bonds is 2. The molecular formula is C10H13NO3S. The summed E-state index contributed by atoms with van der Waals surface area (Å²) in [7, 11) is 0. The molecule has 0 bridgehead atoms. The van der Waals surface area contributed by atoms with Gasteiger partial charge >= 0.3 is 5.97 Å². The van der Waals surface area contributed by atoms with Gasteiger partial charge in [0.2, 0.25) is 0 Å². The fraction of sp³-hybridized carbons (Fsp3) is 0.600. The molecule has 1 aromatic rings. The van der Waals surface area contributed by atoms with Crippen LogP contribution in [0.2, 0.25) is 0 Å². The molecule has 1 aliphatic heterocycles. The van der Waals surface area contributed by atoms with Gasteiger partial charge in [0.15, 0.2) is 0 Å². The molecule has 0 saturated carbocycles. The summed E-state index contributed by atoms with van der Waals surface area (Å²) in [4.78, 5) is 16.3. The van der Waals surface area contributed by atoms with Crippen LogP contribution in [0.25, 0.3) is 0 Å². The maximum Gasteiger partial charge on any atom is 0.309 e. The lowest BCUT2D eigenvalue weighted by Crippen LogP contribution is -2.17. The first kappa shape index (κ1) is 10.6. The highest BCUT2D eigenvalue weighted by Crippen LogP contribution is 2.38. The van der Waals surface area contributed by atoms with Crippen molar-refractivity contribution in [3.05, 3.63) is 15.6 Å². The van der Waals surface area contributed by atoms with Gasteiger partial charge in [0.25, 0.3) is 0 Å². The SMILES string of the molecule is Cc1nc(C)c(C2OCCC2C(=O)O)s1. The Kier molecular flexibility index (Phi) is 2.75. The molecule has 0 aromatic carbocycles. The molecule has 1 fully saturated rings. The first-order chi connectivity index (χ1) is 7.09. The van der Waals surface area contributed by atoms with Gasteiger partial charge in [0, 0.05) is 6.61 Å². The summed E-state index contributed by atoms with van der Waals surface area (Å²) in [6, 6.07) is 0. The molecule has 15 heavy (non-hydrogen) atoms. The molecule has 1 N–H and O–H groups in total. The van der Waals surface area contributed by atoms with E-state index in [1.165, 1.54) is 11.3 Å². The van der Waals surface area contributed by atoms with Crippen molar-refractivity contribution < 1.29 is 14.6 Å². The molecule has 0 aliphatic carbocycles. The highest BCUT2D eigenvalue weighted by Gasteiger charge is 2.37. The van der Waals surface area contributed by atoms with Crippen molar-refractivity contribution in [2.24, 2.45) is 5.92 Å². The van der Waals surface area contributed by atoms with Crippen LogP contribution in [0.3, 0.4) is 0 Å². The minimum atomic E-state index is -0.775. The lowest BCUT2D eigenvalue weighted by molar-refractivity contribution is -0.143. The van der Waals surface area contributed by atoms with E-state index in [2.05, 4.69) is 4.98 Å². The second kappa shape index (κ2) is 3.90. The highest BCUT2D eigenvalue weighted by molar-refractivity contribution is 7.11. The second-order valence-electron chi connectivity index (χ2n) is 3.71. The first-order valence-electron chi connectivity index (χ1n) is 4.88. The number of ether oxygens (including phenoxy) is 1. The summed E-state index contributed by atoms with van der Waals surface area (Å²) in [5.41, 5.74) is 0.899. The van der Waals surface area contributed by atoms with Gasteiger partial charge in [0.05, 0.1) is 21.5 Å². The Hall–Kier alpha value is -0.940. The van der Waals surface area contributed by atoms with Crippen LogP contribution in [0, 0.1) is 19.8 Å². The molecule has 5 heteroatoms. The predicted octanol–water partition coefficient (Wildman–Crippen LogP) is 1.92. The minimum absolute atomic E-state index is 0.298. The summed E-state index contributed by atoms with van der Waals surface area (Å²) in [6.07, 6.45) is 0.296. The highest BCUT2D eigenvalue weighted by atomic mass is 32.1. The Morgan fingerprint density at radius 1 is 1.60 bits per heavy atom. The minimum Gasteiger partial charge on any atom is -0.481 e. The zero-order chi connectivity index (χ0) is 11.0. The second-order valence-corrected chi connectivity index (χ2v) is 4.94. The Morgan fingerprint density at radius 2 is 2.33 bits per heavy atom. The van der Waals surface area contributed by atoms with Crippen LogP contribution in [-0.4, -0.2) is 22.7 Å². The summed E-state index contributed by atoms with van der Waals surface area (Å²) in [6.45, 7) is 4.35. The van der Waals surface area contributed by atoms with Crippen molar-refractivity contribution in [2.75, 3.05) is 6.61 Å². The van der Waals surface area contributed by atoms with Crippen LogP contribution in [0.15, 0.2) is 0 Å². The molecule has 82 valence electrons. The van der Waals surface area contributed by atoms with Gasteiger partial charge < -0.3 is 9.84 Å². The zero-order valence-electron chi connectivity index (χ0n) is 8.69. The number of thiazole rings is 1. The van der Waals surface area contributed by atoms with Gasteiger partial charge in [0.1, 0.15) is 6.10 Å². The normalized spacial score (nSPS) is 25.7. The molecule has 1 aliphatic rings. The summed E-state index contributed by atoms with van der Waals surface area (Å²) < 4.78 is 5.50. The smallest absolute Gasteiger partial charge is 0.309 e. The van der Waals surface area contributed by atoms with E-state index < -0.39 is 11.9 Å². The third-order valence-electron chi connectivity index (χ3n) is 2.61. The van der Waals surface area contributed by atoms with Gasteiger partial charge in [-0.15, -0.1) is 11.3 Å². The van der Waals surface area contributed by atoms with Crippen LogP contribution in [0.4, 0.5) is 0 Å². The number of hydrogen-bond acceptors (Lipinski definition) is 4. The van der Waals surface area contributed by atoms with Crippen molar-refractivity contribution in [2.45, 2.75) is 26.4 Å². The zero-order valence-corrected chi connectivity index (χ0v) is 9.50. The lowest BCUT2D eigenvalue weighted by atomic mass is 10.00. The van der Waals surface area contributed by atoms with Crippen molar-refractivity contribution >= 4 is 17.3 Å². The summed E-state index contributed by atoms with van der Waals surface area (Å²) in [5.74, 6) is -1.19. The predicted molar refractivity (Wildman–Crippen MR) is 56.0 cm³/mol. The van der Waals surface area contributed by atoms with E-state index in [1.807, 2.05) is 13.8 Å². The Balaban J connectivity index is 2.30. The van der Waals surface area contributed by atoms with E-state index >= 15 is 0 Å². The number of aryl methyl sites for hydroxylation is 2. The molecule has 0 spiro atoms. The number of carboxylic acid groups (broad SMARTS) is 1. The summed E-state index contributed by atoms with van der Waals surface area (Å²) >= 11 is 1.53. The monoisotopic (exact) mass is 227 g/mol. The van der Waals surface area contributed by atoms with Crippen molar-refractivity contribution in [3.63, 3.8) is 0 Å². The van der Waals surface area contributed by atoms with Crippen molar-refractivity contribution in [1.82, 2.24) is 4.98 Å². The Bertz CT molecular complexity index is 388. The van der Waals surface area contributed by atoms with E-state index in [4.69, 9.17) is 9.84 Å². The fourth-order valence-corrected chi connectivity index (χ4v) is 2.95. The molecular weight excluding hydrogens is 214 g/mol. The fourth-order valence-electron chi connectivity index (χ4n) is 1.91. The topological polar surface area (TPSA) is 59.4 Å². The Labute approximate surface area is 91.9 Å². The van der Waals surface area contributed by atoms with E-state index in [9.17, 15) is 4.79 Å². The molecule has 1 aromatic heterocycles. The maximum atomic E-state index is 11.0. The standard InChI is InChI=1S/C10H13NO3S/c1-5-9(15-6(2)11-5)8-7(10(12)13)3-4-14-8/h7-8H,3-4H2,1-2H3,(H,12,13). The number of aliphatic carboxylic acids is 1. The van der Waals surface area contributed by atoms with Gasteiger partial charge in [-0.1, -0.05) is 0 Å². The van der Waals surface area contributed by atoms with Crippen LogP contribution < -0.4 is 0 Å². The average Bonchev–Trinajstić information content (AvgIpc) is 2.71. The molecule has 0 radical (unpaired) electrons. The third kappa shape index (κ3) is 1.89. The largest absolute Gasteiger partial charge is 0.481 e. The number of hydrogen-bond donors (Lipinski definition) is 1. The third-order valence-corrected chi connectivity index (χ3v) is 3.74. The number of nitrogens with zero attached hydrogens (tertiary/aromatic N) is 1. The van der Waals surface area contributed by atoms with E-state index in [0.717, 1.165) is 15.6 Å². The first-order valence-corrected chi connectivity index (χ1v) is 5.69. The van der Waals surface area contributed by atoms with Gasteiger partial charge in [-0.05, 0) is 20.3 Å². The van der Waals surface area contributed by atoms with E-state index in [0.29, 0.717) is 13.0 Å². The maximum absolute atomic E-state index is 11.0. The van der Waals surface area contributed by atoms with Crippen LogP contribution in [-0.2, 0) is 9.53 Å². The van der Waals surface area contributed by atoms with Gasteiger partial charge in [-0.2, -0.15) is 0 Å². The number of carbonyl (C=O) groups is 1. The average molecular weight is 227 g/mol. The molecule has 2 atom stereocenters. The molecule has 1 saturated heterocycles. The molecule has 2 heterocycles. The number of aromatic nitrogens is 1. The summed E-state index contributed by atoms with van der Waals surface area (Å²) in [5, 5.41) is 10.0. The quantitative estimate of drug-likeness (QED) is 0.838. The van der Waals surface area contributed by atoms with E-state index in [-0.39, 0.29) is 6.10 Å². The molecule has 0 amide bonds.